The van der Waals surface area contributed by atoms with Gasteiger partial charge in [-0.2, -0.15) is 5.26 Å². The zero-order valence-corrected chi connectivity index (χ0v) is 23.6. The van der Waals surface area contributed by atoms with Gasteiger partial charge in [-0.25, -0.2) is 0 Å². The number of allylic oxidation sites excluding steroid dienone is 3. The molecule has 2 aliphatic rings. The molecule has 0 amide bonds. The predicted molar refractivity (Wildman–Crippen MR) is 154 cm³/mol. The van der Waals surface area contributed by atoms with E-state index in [1.807, 2.05) is 61.2 Å². The van der Waals surface area contributed by atoms with E-state index in [4.69, 9.17) is 22.1 Å². The van der Waals surface area contributed by atoms with Crippen LogP contribution in [-0.4, -0.2) is 5.78 Å². The van der Waals surface area contributed by atoms with Gasteiger partial charge in [0.1, 0.15) is 18.2 Å². The number of hydrogen-bond donors (Lipinski definition) is 1. The minimum Gasteiger partial charge on any atom is -0.489 e. The van der Waals surface area contributed by atoms with Gasteiger partial charge in [0.2, 0.25) is 0 Å². The summed E-state index contributed by atoms with van der Waals surface area (Å²) in [6.07, 6.45) is 1.87. The molecule has 0 radical (unpaired) electrons. The second-order valence-electron chi connectivity index (χ2n) is 9.68. The Bertz CT molecular complexity index is 1540. The fourth-order valence-electron chi connectivity index (χ4n) is 5.41. The zero-order valence-electron chi connectivity index (χ0n) is 21.2. The number of halogens is 2. The lowest BCUT2D eigenvalue weighted by Crippen LogP contribution is -2.39. The molecule has 2 N–H and O–H groups in total. The molecule has 5 nitrogen and oxygen atoms in total. The number of anilines is 1. The summed E-state index contributed by atoms with van der Waals surface area (Å²) in [7, 11) is 0. The predicted octanol–water partition coefficient (Wildman–Crippen LogP) is 7.60. The van der Waals surface area contributed by atoms with Gasteiger partial charge < -0.3 is 10.5 Å². The molecule has 1 unspecified atom stereocenters. The third-order valence-corrected chi connectivity index (χ3v) is 7.96. The normalized spacial score (nSPS) is 17.4. The average molecular weight is 589 g/mol. The summed E-state index contributed by atoms with van der Waals surface area (Å²) in [5, 5.41) is 11.0. The maximum Gasteiger partial charge on any atom is 0.161 e. The van der Waals surface area contributed by atoms with Gasteiger partial charge in [-0.3, -0.25) is 9.69 Å². The number of nitriles is 1. The minimum atomic E-state index is -0.537. The maximum atomic E-state index is 13.5. The molecule has 0 saturated heterocycles. The van der Waals surface area contributed by atoms with Crippen molar-refractivity contribution in [3.05, 3.63) is 115 Å². The molecule has 192 valence electrons. The van der Waals surface area contributed by atoms with Crippen LogP contribution in [0.1, 0.15) is 47.4 Å². The average Bonchev–Trinajstić information content (AvgIpc) is 2.89. The monoisotopic (exact) mass is 587 g/mol. The molecule has 0 fully saturated rings. The Kier molecular flexibility index (Phi) is 7.34. The van der Waals surface area contributed by atoms with Crippen LogP contribution in [0.25, 0.3) is 0 Å². The Morgan fingerprint density at radius 2 is 1.89 bits per heavy atom. The van der Waals surface area contributed by atoms with Crippen LogP contribution >= 0.6 is 27.5 Å². The van der Waals surface area contributed by atoms with Crippen LogP contribution in [-0.2, 0) is 11.4 Å². The van der Waals surface area contributed by atoms with Crippen LogP contribution in [0.4, 0.5) is 5.69 Å². The molecule has 3 aromatic carbocycles. The molecule has 1 heterocycles. The smallest absolute Gasteiger partial charge is 0.161 e. The van der Waals surface area contributed by atoms with Gasteiger partial charge in [0.15, 0.2) is 5.78 Å². The largest absolute Gasteiger partial charge is 0.489 e. The van der Waals surface area contributed by atoms with E-state index in [0.717, 1.165) is 50.3 Å². The number of aryl methyl sites for hydroxylation is 1. The number of rotatable bonds is 5. The number of nitrogens with zero attached hydrogens (tertiary/aromatic N) is 2. The molecule has 7 heteroatoms. The van der Waals surface area contributed by atoms with Crippen LogP contribution in [0.3, 0.4) is 0 Å². The van der Waals surface area contributed by atoms with Gasteiger partial charge in [-0.1, -0.05) is 51.3 Å². The summed E-state index contributed by atoms with van der Waals surface area (Å²) in [6.45, 7) is 4.41. The summed E-state index contributed by atoms with van der Waals surface area (Å²) < 4.78 is 7.08. The Morgan fingerprint density at radius 1 is 1.13 bits per heavy atom. The lowest BCUT2D eigenvalue weighted by molar-refractivity contribution is -0.116. The molecule has 1 aliphatic carbocycles. The van der Waals surface area contributed by atoms with E-state index in [1.165, 1.54) is 0 Å². The third kappa shape index (κ3) is 4.84. The van der Waals surface area contributed by atoms with E-state index >= 15 is 0 Å². The summed E-state index contributed by atoms with van der Waals surface area (Å²) in [5.74, 6) is 0.614. The van der Waals surface area contributed by atoms with E-state index in [2.05, 4.69) is 34.1 Å². The number of nitrogens with two attached hydrogens (primary N) is 1. The van der Waals surface area contributed by atoms with Crippen molar-refractivity contribution in [2.45, 2.75) is 45.6 Å². The van der Waals surface area contributed by atoms with Crippen molar-refractivity contribution in [2.24, 2.45) is 5.73 Å². The molecule has 0 saturated carbocycles. The van der Waals surface area contributed by atoms with Crippen molar-refractivity contribution in [3.63, 3.8) is 0 Å². The lowest BCUT2D eigenvalue weighted by Gasteiger charge is -2.40. The van der Waals surface area contributed by atoms with Crippen LogP contribution in [0.2, 0.25) is 5.02 Å². The molecular weight excluding hydrogens is 562 g/mol. The molecular formula is C31H27BrClN3O2. The summed E-state index contributed by atoms with van der Waals surface area (Å²) in [5.41, 5.74) is 13.3. The van der Waals surface area contributed by atoms with Gasteiger partial charge in [-0.15, -0.1) is 0 Å². The summed E-state index contributed by atoms with van der Waals surface area (Å²) in [4.78, 5) is 15.4. The standard InChI is InChI=1S/C31H27BrClN3O2/c1-18-13-20(17-38-24-11-9-21(32)10-12-24)19(2)25(14-18)29-26(16-34)31(35)36(23-6-3-5-22(33)15-23)27-7-4-8-28(37)30(27)29/h3,5-6,9-15,29H,4,7-8,17,35H2,1-2H3. The number of carbonyl (C=O) groups excluding carboxylic acids is 1. The van der Waals surface area contributed by atoms with Gasteiger partial charge in [0.05, 0.1) is 17.6 Å². The first-order chi connectivity index (χ1) is 18.3. The van der Waals surface area contributed by atoms with Gasteiger partial charge >= 0.3 is 0 Å². The highest BCUT2D eigenvalue weighted by molar-refractivity contribution is 9.10. The minimum absolute atomic E-state index is 0.0529. The highest BCUT2D eigenvalue weighted by atomic mass is 79.9. The van der Waals surface area contributed by atoms with E-state index in [9.17, 15) is 10.1 Å². The zero-order chi connectivity index (χ0) is 27.0. The molecule has 38 heavy (non-hydrogen) atoms. The summed E-state index contributed by atoms with van der Waals surface area (Å²) in [6, 6.07) is 21.6. The SMILES string of the molecule is Cc1cc(COc2ccc(Br)cc2)c(C)c(C2C(C#N)=C(N)N(c3cccc(Cl)c3)C3=C2C(=O)CCC3)c1. The van der Waals surface area contributed by atoms with Crippen molar-refractivity contribution in [2.75, 3.05) is 4.90 Å². The second kappa shape index (κ2) is 10.7. The third-order valence-electron chi connectivity index (χ3n) is 7.20. The van der Waals surface area contributed by atoms with Crippen LogP contribution in [0.5, 0.6) is 5.75 Å². The Morgan fingerprint density at radius 3 is 2.61 bits per heavy atom. The topological polar surface area (TPSA) is 79.3 Å². The van der Waals surface area contributed by atoms with Crippen LogP contribution < -0.4 is 15.4 Å². The van der Waals surface area contributed by atoms with Crippen molar-refractivity contribution >= 4 is 39.0 Å². The van der Waals surface area contributed by atoms with E-state index in [1.54, 1.807) is 6.07 Å². The van der Waals surface area contributed by atoms with Gasteiger partial charge in [-0.05, 0) is 85.8 Å². The second-order valence-corrected chi connectivity index (χ2v) is 11.0. The maximum absolute atomic E-state index is 13.5. The van der Waals surface area contributed by atoms with Gasteiger partial charge in [0, 0.05) is 32.9 Å². The Hall–Kier alpha value is -3.53. The molecule has 0 bridgehead atoms. The molecule has 0 aromatic heterocycles. The first-order valence-corrected chi connectivity index (χ1v) is 13.7. The number of hydrogen-bond acceptors (Lipinski definition) is 5. The molecule has 1 atom stereocenters. The van der Waals surface area contributed by atoms with Crippen molar-refractivity contribution in [3.8, 4) is 11.8 Å². The first-order valence-electron chi connectivity index (χ1n) is 12.5. The van der Waals surface area contributed by atoms with Crippen molar-refractivity contribution in [1.29, 1.82) is 5.26 Å². The van der Waals surface area contributed by atoms with Crippen molar-refractivity contribution < 1.29 is 9.53 Å². The number of ether oxygens (including phenoxy) is 1. The first kappa shape index (κ1) is 26.1. The molecule has 0 spiro atoms. The molecule has 1 aliphatic heterocycles. The van der Waals surface area contributed by atoms with E-state index in [-0.39, 0.29) is 5.78 Å². The number of carbonyl (C=O) groups is 1. The Balaban J connectivity index is 1.63. The number of ketones is 1. The lowest BCUT2D eigenvalue weighted by atomic mass is 9.73. The van der Waals surface area contributed by atoms with Gasteiger partial charge in [0.25, 0.3) is 0 Å². The highest BCUT2D eigenvalue weighted by Crippen LogP contribution is 2.47. The summed E-state index contributed by atoms with van der Waals surface area (Å²) >= 11 is 9.75. The fourth-order valence-corrected chi connectivity index (χ4v) is 5.86. The highest BCUT2D eigenvalue weighted by Gasteiger charge is 2.41. The Labute approximate surface area is 236 Å². The quantitative estimate of drug-likeness (QED) is 0.332. The van der Waals surface area contributed by atoms with Crippen LogP contribution in [0.15, 0.2) is 87.8 Å². The molecule has 5 rings (SSSR count). The molecule has 3 aromatic rings. The fraction of sp³-hybridized carbons (Fsp3) is 0.226. The number of benzene rings is 3. The van der Waals surface area contributed by atoms with Crippen molar-refractivity contribution in [1.82, 2.24) is 0 Å². The van der Waals surface area contributed by atoms with E-state index < -0.39 is 5.92 Å². The van der Waals surface area contributed by atoms with E-state index in [0.29, 0.717) is 41.4 Å². The van der Waals surface area contributed by atoms with Crippen LogP contribution in [0, 0.1) is 25.2 Å². The number of Topliss-reactive ketones (excluding diaryl/α,β-unsaturated/α-hetero) is 1.